The highest BCUT2D eigenvalue weighted by Crippen LogP contribution is 2.54. The second-order valence-electron chi connectivity index (χ2n) is 14.6. The molecular weight excluding hydrogens is 615 g/mol. The summed E-state index contributed by atoms with van der Waals surface area (Å²) >= 11 is 0. The normalized spacial score (nSPS) is 13.1. The molecular formula is C50H37N. The maximum atomic E-state index is 2.57. The molecule has 1 aliphatic carbocycles. The summed E-state index contributed by atoms with van der Waals surface area (Å²) in [5.74, 6) is 0. The van der Waals surface area contributed by atoms with Gasteiger partial charge in [-0.15, -0.1) is 0 Å². The van der Waals surface area contributed by atoms with Crippen molar-refractivity contribution in [3.05, 3.63) is 193 Å². The summed E-state index contributed by atoms with van der Waals surface area (Å²) in [6, 6.07) is 65.3. The largest absolute Gasteiger partial charge is 0.336 e. The molecule has 1 heteroatoms. The summed E-state index contributed by atoms with van der Waals surface area (Å²) in [7, 11) is 0. The first-order valence-corrected chi connectivity index (χ1v) is 18.0. The Labute approximate surface area is 299 Å². The third-order valence-electron chi connectivity index (χ3n) is 11.3. The minimum absolute atomic E-state index is 0.126. The Hall–Kier alpha value is -6.18. The van der Waals surface area contributed by atoms with Crippen LogP contribution in [0.2, 0.25) is 0 Å². The van der Waals surface area contributed by atoms with Gasteiger partial charge in [-0.05, 0) is 113 Å². The maximum absolute atomic E-state index is 2.57. The van der Waals surface area contributed by atoms with Gasteiger partial charge in [0.15, 0.2) is 0 Å². The molecule has 9 aromatic rings. The lowest BCUT2D eigenvalue weighted by molar-refractivity contribution is 0.661. The van der Waals surface area contributed by atoms with E-state index in [1.165, 1.54) is 93.4 Å². The number of fused-ring (bicyclic) bond motifs is 7. The first-order valence-electron chi connectivity index (χ1n) is 18.0. The van der Waals surface area contributed by atoms with Crippen LogP contribution >= 0.6 is 0 Å². The highest BCUT2D eigenvalue weighted by Gasteiger charge is 2.38. The number of hydrogen-bond acceptors (Lipinski definition) is 1. The molecule has 0 radical (unpaired) electrons. The minimum Gasteiger partial charge on any atom is -0.336 e. The third kappa shape index (κ3) is 4.77. The third-order valence-corrected chi connectivity index (χ3v) is 11.3. The zero-order chi connectivity index (χ0) is 34.1. The molecule has 0 spiro atoms. The molecule has 0 atom stereocenters. The van der Waals surface area contributed by atoms with Gasteiger partial charge in [0.05, 0.1) is 0 Å². The number of anilines is 2. The van der Waals surface area contributed by atoms with Crippen LogP contribution in [0.4, 0.5) is 11.4 Å². The van der Waals surface area contributed by atoms with Crippen LogP contribution in [0, 0.1) is 0 Å². The highest BCUT2D eigenvalue weighted by molar-refractivity contribution is 6.02. The second kappa shape index (κ2) is 11.4. The van der Waals surface area contributed by atoms with Gasteiger partial charge in [0.25, 0.3) is 0 Å². The monoisotopic (exact) mass is 651 g/mol. The fraction of sp³-hybridized carbons (Fsp3) is 0.0800. The molecule has 0 heterocycles. The predicted molar refractivity (Wildman–Crippen MR) is 218 cm³/mol. The van der Waals surface area contributed by atoms with Crippen molar-refractivity contribution in [2.24, 2.45) is 0 Å². The van der Waals surface area contributed by atoms with Crippen LogP contribution in [0.15, 0.2) is 176 Å². The van der Waals surface area contributed by atoms with E-state index in [-0.39, 0.29) is 5.41 Å². The maximum Gasteiger partial charge on any atom is 0.0496 e. The Morgan fingerprint density at radius 2 is 1.02 bits per heavy atom. The quantitative estimate of drug-likeness (QED) is 0.179. The lowest BCUT2D eigenvalue weighted by atomic mass is 9.82. The van der Waals surface area contributed by atoms with Gasteiger partial charge in [-0.3, -0.25) is 0 Å². The van der Waals surface area contributed by atoms with Gasteiger partial charge in [-0.2, -0.15) is 0 Å². The summed E-state index contributed by atoms with van der Waals surface area (Å²) < 4.78 is 0. The van der Waals surface area contributed by atoms with Crippen molar-refractivity contribution >= 4 is 54.5 Å². The molecule has 51 heavy (non-hydrogen) atoms. The van der Waals surface area contributed by atoms with Gasteiger partial charge in [-0.1, -0.05) is 153 Å². The fourth-order valence-corrected chi connectivity index (χ4v) is 8.64. The van der Waals surface area contributed by atoms with Crippen molar-refractivity contribution in [2.75, 3.05) is 4.90 Å². The number of benzene rings is 9. The highest BCUT2D eigenvalue weighted by atomic mass is 15.1. The van der Waals surface area contributed by atoms with Gasteiger partial charge in [0, 0.05) is 28.9 Å². The first kappa shape index (κ1) is 29.7. The van der Waals surface area contributed by atoms with E-state index in [1.54, 1.807) is 0 Å². The van der Waals surface area contributed by atoms with Gasteiger partial charge in [0.2, 0.25) is 0 Å². The second-order valence-corrected chi connectivity index (χ2v) is 14.6. The van der Waals surface area contributed by atoms with Gasteiger partial charge in [0.1, 0.15) is 0 Å². The lowest BCUT2D eigenvalue weighted by Crippen LogP contribution is -2.19. The van der Waals surface area contributed by atoms with E-state index in [1.807, 2.05) is 0 Å². The SMILES string of the molecule is CC1(C)c2cc3ccccc3cc2-c2c(N(Cc3ccc4ccccc4c3-c3ccc4ccccc4c3)c3ccc4ccccc4c3)cccc21. The molecule has 0 amide bonds. The standard InChI is InChI=1S/C50H37N/c1-50(2)45-20-11-21-47(49(45)44-30-38-17-7-8-18-39(38)31-46(44)50)51(42-27-26-34-13-4-6-16-37(34)29-42)32-41-25-23-35-14-9-10-19-43(35)48(41)40-24-22-33-12-3-5-15-36(33)28-40/h3-31H,32H2,1-2H3. The van der Waals surface area contributed by atoms with E-state index in [9.17, 15) is 0 Å². The summed E-state index contributed by atoms with van der Waals surface area (Å²) in [5, 5.41) is 10.1. The molecule has 0 unspecified atom stereocenters. The molecule has 0 fully saturated rings. The summed E-state index contributed by atoms with van der Waals surface area (Å²) in [6.07, 6.45) is 0. The van der Waals surface area contributed by atoms with Crippen molar-refractivity contribution in [3.63, 3.8) is 0 Å². The Bertz CT molecular complexity index is 2820. The van der Waals surface area contributed by atoms with E-state index in [0.717, 1.165) is 0 Å². The molecule has 0 bridgehead atoms. The average Bonchev–Trinajstić information content (AvgIpc) is 3.40. The van der Waals surface area contributed by atoms with Crippen molar-refractivity contribution in [1.82, 2.24) is 0 Å². The summed E-state index contributed by atoms with van der Waals surface area (Å²) in [6.45, 7) is 5.49. The Morgan fingerprint density at radius 3 is 1.76 bits per heavy atom. The van der Waals surface area contributed by atoms with Gasteiger partial charge < -0.3 is 4.90 Å². The number of nitrogens with zero attached hydrogens (tertiary/aromatic N) is 1. The van der Waals surface area contributed by atoms with Crippen LogP contribution < -0.4 is 4.90 Å². The zero-order valence-electron chi connectivity index (χ0n) is 28.9. The molecule has 242 valence electrons. The van der Waals surface area contributed by atoms with E-state index in [0.29, 0.717) is 6.54 Å². The lowest BCUT2D eigenvalue weighted by Gasteiger charge is -2.30. The molecule has 0 N–H and O–H groups in total. The molecule has 0 saturated heterocycles. The molecule has 0 aromatic heterocycles. The first-order chi connectivity index (χ1) is 25.0. The summed E-state index contributed by atoms with van der Waals surface area (Å²) in [5.41, 5.74) is 11.6. The van der Waals surface area contributed by atoms with Crippen molar-refractivity contribution < 1.29 is 0 Å². The molecule has 1 nitrogen and oxygen atoms in total. The predicted octanol–water partition coefficient (Wildman–Crippen LogP) is 13.6. The van der Waals surface area contributed by atoms with E-state index < -0.39 is 0 Å². The van der Waals surface area contributed by atoms with Crippen LogP contribution in [0.1, 0.15) is 30.5 Å². The molecule has 10 rings (SSSR count). The van der Waals surface area contributed by atoms with Crippen LogP contribution in [0.25, 0.3) is 65.3 Å². The van der Waals surface area contributed by atoms with E-state index in [4.69, 9.17) is 0 Å². The van der Waals surface area contributed by atoms with Crippen LogP contribution in [0.5, 0.6) is 0 Å². The molecule has 9 aromatic carbocycles. The van der Waals surface area contributed by atoms with Gasteiger partial charge >= 0.3 is 0 Å². The zero-order valence-corrected chi connectivity index (χ0v) is 28.9. The minimum atomic E-state index is -0.126. The number of hydrogen-bond donors (Lipinski definition) is 0. The van der Waals surface area contributed by atoms with Crippen LogP contribution in [-0.4, -0.2) is 0 Å². The summed E-state index contributed by atoms with van der Waals surface area (Å²) in [4.78, 5) is 2.57. The van der Waals surface area contributed by atoms with E-state index >= 15 is 0 Å². The van der Waals surface area contributed by atoms with Gasteiger partial charge in [-0.25, -0.2) is 0 Å². The van der Waals surface area contributed by atoms with Crippen LogP contribution in [-0.2, 0) is 12.0 Å². The number of rotatable bonds is 5. The van der Waals surface area contributed by atoms with E-state index in [2.05, 4.69) is 195 Å². The Balaban J connectivity index is 1.23. The Morgan fingerprint density at radius 1 is 0.431 bits per heavy atom. The van der Waals surface area contributed by atoms with Crippen LogP contribution in [0.3, 0.4) is 0 Å². The fourth-order valence-electron chi connectivity index (χ4n) is 8.64. The molecule has 0 saturated carbocycles. The average molecular weight is 652 g/mol. The van der Waals surface area contributed by atoms with Crippen molar-refractivity contribution in [2.45, 2.75) is 25.8 Å². The Kier molecular flexibility index (Phi) is 6.66. The molecule has 1 aliphatic rings. The van der Waals surface area contributed by atoms with Crippen molar-refractivity contribution in [1.29, 1.82) is 0 Å². The smallest absolute Gasteiger partial charge is 0.0496 e. The van der Waals surface area contributed by atoms with Crippen molar-refractivity contribution in [3.8, 4) is 22.3 Å². The topological polar surface area (TPSA) is 3.24 Å². The molecule has 0 aliphatic heterocycles.